The van der Waals surface area contributed by atoms with Crippen LogP contribution in [0.5, 0.6) is 0 Å². The standard InChI is InChI=1S/C15H16BrN3O/c1-3-15(20)19-14-7-5-12(9-17-14)18-11-4-6-13(16)10(2)8-11/h4-9,18H,3H2,1-2H3,(H,17,19,20). The van der Waals surface area contributed by atoms with E-state index in [2.05, 4.69) is 37.6 Å². The van der Waals surface area contributed by atoms with E-state index < -0.39 is 0 Å². The number of hydrogen-bond donors (Lipinski definition) is 2. The highest BCUT2D eigenvalue weighted by atomic mass is 79.9. The highest BCUT2D eigenvalue weighted by molar-refractivity contribution is 9.10. The van der Waals surface area contributed by atoms with Crippen LogP contribution in [0.15, 0.2) is 41.0 Å². The molecule has 2 rings (SSSR count). The number of aryl methyl sites for hydroxylation is 1. The third-order valence-electron chi connectivity index (χ3n) is 2.80. The minimum absolute atomic E-state index is 0.0401. The number of amides is 1. The van der Waals surface area contributed by atoms with Crippen LogP contribution in [0.25, 0.3) is 0 Å². The first kappa shape index (κ1) is 14.5. The summed E-state index contributed by atoms with van der Waals surface area (Å²) in [6.45, 7) is 3.85. The highest BCUT2D eigenvalue weighted by Crippen LogP contribution is 2.23. The third-order valence-corrected chi connectivity index (χ3v) is 3.69. The Hall–Kier alpha value is -1.88. The second kappa shape index (κ2) is 6.52. The fraction of sp³-hybridized carbons (Fsp3) is 0.200. The fourth-order valence-corrected chi connectivity index (χ4v) is 1.91. The van der Waals surface area contributed by atoms with E-state index in [-0.39, 0.29) is 5.91 Å². The number of nitrogens with zero attached hydrogens (tertiary/aromatic N) is 1. The van der Waals surface area contributed by atoms with Crippen molar-refractivity contribution < 1.29 is 4.79 Å². The molecule has 0 aliphatic carbocycles. The molecule has 0 saturated carbocycles. The summed E-state index contributed by atoms with van der Waals surface area (Å²) in [5.74, 6) is 0.524. The van der Waals surface area contributed by atoms with Crippen molar-refractivity contribution in [3.63, 3.8) is 0 Å². The first-order valence-electron chi connectivity index (χ1n) is 6.37. The number of anilines is 3. The molecule has 0 saturated heterocycles. The van der Waals surface area contributed by atoms with Gasteiger partial charge in [-0.15, -0.1) is 0 Å². The predicted octanol–water partition coefficient (Wildman–Crippen LogP) is 4.24. The van der Waals surface area contributed by atoms with Crippen LogP contribution in [0.2, 0.25) is 0 Å². The Bertz CT molecular complexity index is 611. The van der Waals surface area contributed by atoms with E-state index in [0.717, 1.165) is 21.4 Å². The molecule has 1 aromatic carbocycles. The molecule has 0 radical (unpaired) electrons. The van der Waals surface area contributed by atoms with Crippen LogP contribution < -0.4 is 10.6 Å². The van der Waals surface area contributed by atoms with Gasteiger partial charge < -0.3 is 10.6 Å². The van der Waals surface area contributed by atoms with Crippen molar-refractivity contribution >= 4 is 39.0 Å². The number of carbonyl (C=O) groups is 1. The lowest BCUT2D eigenvalue weighted by Crippen LogP contribution is -2.10. The number of halogens is 1. The number of aromatic nitrogens is 1. The van der Waals surface area contributed by atoms with Crippen molar-refractivity contribution in [3.8, 4) is 0 Å². The SMILES string of the molecule is CCC(=O)Nc1ccc(Nc2ccc(Br)c(C)c2)cn1. The molecule has 20 heavy (non-hydrogen) atoms. The predicted molar refractivity (Wildman–Crippen MR) is 85.3 cm³/mol. The van der Waals surface area contributed by atoms with Crippen LogP contribution >= 0.6 is 15.9 Å². The molecule has 0 aliphatic rings. The lowest BCUT2D eigenvalue weighted by molar-refractivity contribution is -0.115. The summed E-state index contributed by atoms with van der Waals surface area (Å²) < 4.78 is 1.08. The first-order chi connectivity index (χ1) is 9.58. The lowest BCUT2D eigenvalue weighted by atomic mass is 10.2. The zero-order valence-electron chi connectivity index (χ0n) is 11.4. The Morgan fingerprint density at radius 2 is 2.00 bits per heavy atom. The van der Waals surface area contributed by atoms with Gasteiger partial charge in [0.1, 0.15) is 5.82 Å². The minimum Gasteiger partial charge on any atom is -0.354 e. The smallest absolute Gasteiger partial charge is 0.225 e. The van der Waals surface area contributed by atoms with E-state index in [9.17, 15) is 4.79 Å². The Morgan fingerprint density at radius 1 is 1.25 bits per heavy atom. The van der Waals surface area contributed by atoms with E-state index in [1.54, 1.807) is 19.2 Å². The largest absolute Gasteiger partial charge is 0.354 e. The van der Waals surface area contributed by atoms with Crippen molar-refractivity contribution in [1.82, 2.24) is 4.98 Å². The quantitative estimate of drug-likeness (QED) is 0.879. The monoisotopic (exact) mass is 333 g/mol. The Labute approximate surface area is 126 Å². The van der Waals surface area contributed by atoms with Gasteiger partial charge in [0.25, 0.3) is 0 Å². The number of hydrogen-bond acceptors (Lipinski definition) is 3. The van der Waals surface area contributed by atoms with Gasteiger partial charge in [-0.25, -0.2) is 4.98 Å². The summed E-state index contributed by atoms with van der Waals surface area (Å²) in [6, 6.07) is 9.71. The molecule has 0 fully saturated rings. The first-order valence-corrected chi connectivity index (χ1v) is 7.17. The summed E-state index contributed by atoms with van der Waals surface area (Å²) in [4.78, 5) is 15.5. The molecule has 104 valence electrons. The maximum atomic E-state index is 11.3. The average Bonchev–Trinajstić information content (AvgIpc) is 2.45. The Morgan fingerprint density at radius 3 is 2.60 bits per heavy atom. The normalized spacial score (nSPS) is 10.2. The maximum Gasteiger partial charge on any atom is 0.225 e. The van der Waals surface area contributed by atoms with Gasteiger partial charge >= 0.3 is 0 Å². The molecule has 1 amide bonds. The summed E-state index contributed by atoms with van der Waals surface area (Å²) in [5, 5.41) is 5.99. The second-order valence-corrected chi connectivity index (χ2v) is 5.28. The summed E-state index contributed by atoms with van der Waals surface area (Å²) >= 11 is 3.47. The number of benzene rings is 1. The molecular weight excluding hydrogens is 318 g/mol. The molecule has 5 heteroatoms. The van der Waals surface area contributed by atoms with Crippen molar-refractivity contribution in [3.05, 3.63) is 46.6 Å². The Kier molecular flexibility index (Phi) is 4.74. The van der Waals surface area contributed by atoms with E-state index >= 15 is 0 Å². The van der Waals surface area contributed by atoms with Gasteiger partial charge in [0.15, 0.2) is 0 Å². The molecule has 2 N–H and O–H groups in total. The van der Waals surface area contributed by atoms with Gasteiger partial charge in [-0.2, -0.15) is 0 Å². The molecular formula is C15H16BrN3O. The van der Waals surface area contributed by atoms with Crippen LogP contribution in [0, 0.1) is 6.92 Å². The van der Waals surface area contributed by atoms with Gasteiger partial charge in [-0.1, -0.05) is 22.9 Å². The molecule has 0 atom stereocenters. The van der Waals surface area contributed by atoms with Crippen molar-refractivity contribution in [1.29, 1.82) is 0 Å². The van der Waals surface area contributed by atoms with E-state index in [1.165, 1.54) is 0 Å². The van der Waals surface area contributed by atoms with Crippen LogP contribution in [0.1, 0.15) is 18.9 Å². The molecule has 0 spiro atoms. The molecule has 2 aromatic rings. The van der Waals surface area contributed by atoms with Crippen LogP contribution in [-0.4, -0.2) is 10.9 Å². The maximum absolute atomic E-state index is 11.3. The average molecular weight is 334 g/mol. The third kappa shape index (κ3) is 3.81. The van der Waals surface area contributed by atoms with Gasteiger partial charge in [0, 0.05) is 16.6 Å². The van der Waals surface area contributed by atoms with Crippen molar-refractivity contribution in [2.45, 2.75) is 20.3 Å². The van der Waals surface area contributed by atoms with Crippen molar-refractivity contribution in [2.75, 3.05) is 10.6 Å². The minimum atomic E-state index is -0.0401. The summed E-state index contributed by atoms with van der Waals surface area (Å²) in [7, 11) is 0. The molecule has 1 aromatic heterocycles. The van der Waals surface area contributed by atoms with Gasteiger partial charge in [-0.05, 0) is 42.8 Å². The van der Waals surface area contributed by atoms with Crippen LogP contribution in [0.3, 0.4) is 0 Å². The molecule has 0 unspecified atom stereocenters. The Balaban J connectivity index is 2.06. The van der Waals surface area contributed by atoms with Crippen molar-refractivity contribution in [2.24, 2.45) is 0 Å². The zero-order chi connectivity index (χ0) is 14.5. The molecule has 0 aliphatic heterocycles. The number of carbonyl (C=O) groups excluding carboxylic acids is 1. The van der Waals surface area contributed by atoms with Crippen LogP contribution in [0.4, 0.5) is 17.2 Å². The van der Waals surface area contributed by atoms with Gasteiger partial charge in [-0.3, -0.25) is 4.79 Å². The lowest BCUT2D eigenvalue weighted by Gasteiger charge is -2.09. The summed E-state index contributed by atoms with van der Waals surface area (Å²) in [5.41, 5.74) is 3.04. The van der Waals surface area contributed by atoms with Gasteiger partial charge in [0.2, 0.25) is 5.91 Å². The van der Waals surface area contributed by atoms with E-state index in [4.69, 9.17) is 0 Å². The van der Waals surface area contributed by atoms with E-state index in [1.807, 2.05) is 25.1 Å². The molecule has 1 heterocycles. The van der Waals surface area contributed by atoms with E-state index in [0.29, 0.717) is 12.2 Å². The topological polar surface area (TPSA) is 54.0 Å². The highest BCUT2D eigenvalue weighted by Gasteiger charge is 2.01. The zero-order valence-corrected chi connectivity index (χ0v) is 13.0. The molecule has 0 bridgehead atoms. The number of rotatable bonds is 4. The second-order valence-electron chi connectivity index (χ2n) is 4.42. The number of pyridine rings is 1. The molecule has 4 nitrogen and oxygen atoms in total. The van der Waals surface area contributed by atoms with Gasteiger partial charge in [0.05, 0.1) is 11.9 Å². The van der Waals surface area contributed by atoms with Crippen LogP contribution in [-0.2, 0) is 4.79 Å². The number of nitrogens with one attached hydrogen (secondary N) is 2. The summed E-state index contributed by atoms with van der Waals surface area (Å²) in [6.07, 6.45) is 2.14. The fourth-order valence-electron chi connectivity index (χ4n) is 1.66.